The third-order valence-electron chi connectivity index (χ3n) is 7.48. The number of phenols is 1. The van der Waals surface area contributed by atoms with Crippen LogP contribution in [-0.2, 0) is 15.7 Å². The molecule has 1 atom stereocenters. The predicted molar refractivity (Wildman–Crippen MR) is 152 cm³/mol. The summed E-state index contributed by atoms with van der Waals surface area (Å²) in [4.78, 5) is 23.2. The summed E-state index contributed by atoms with van der Waals surface area (Å²) in [6, 6.07) is 14.8. The number of carbonyl (C=O) groups is 1. The number of fused-ring (bicyclic) bond motifs is 1. The van der Waals surface area contributed by atoms with Gasteiger partial charge in [0.1, 0.15) is 22.9 Å². The summed E-state index contributed by atoms with van der Waals surface area (Å²) in [5.74, 6) is 0.511. The number of anilines is 2. The molecule has 2 aliphatic heterocycles. The first-order valence-electron chi connectivity index (χ1n) is 13.3. The van der Waals surface area contributed by atoms with Crippen molar-refractivity contribution < 1.29 is 37.3 Å². The van der Waals surface area contributed by atoms with E-state index in [4.69, 9.17) is 19.2 Å². The largest absolute Gasteiger partial charge is 0.506 e. The van der Waals surface area contributed by atoms with E-state index >= 15 is 0 Å². The number of piperazine rings is 1. The molecule has 0 aliphatic carbocycles. The highest BCUT2D eigenvalue weighted by atomic mass is 19.4. The lowest BCUT2D eigenvalue weighted by Gasteiger charge is -2.45. The monoisotopic (exact) mass is 584 g/mol. The molecule has 0 bridgehead atoms. The number of aromatic hydroxyl groups is 1. The fourth-order valence-corrected chi connectivity index (χ4v) is 5.34. The minimum atomic E-state index is -4.62. The van der Waals surface area contributed by atoms with Crippen LogP contribution in [0.15, 0.2) is 65.7 Å². The van der Waals surface area contributed by atoms with Gasteiger partial charge in [0, 0.05) is 43.5 Å². The topological polar surface area (TPSA) is 87.1 Å². The molecule has 9 nitrogen and oxygen atoms in total. The van der Waals surface area contributed by atoms with E-state index in [0.717, 1.165) is 23.6 Å². The maximum Gasteiger partial charge on any atom is 0.416 e. The molecule has 1 saturated heterocycles. The Labute approximate surface area is 241 Å². The summed E-state index contributed by atoms with van der Waals surface area (Å²) in [5.41, 5.74) is 0.906. The van der Waals surface area contributed by atoms with Crippen LogP contribution in [0.2, 0.25) is 0 Å². The van der Waals surface area contributed by atoms with Crippen molar-refractivity contribution in [1.82, 2.24) is 4.90 Å². The average molecular weight is 585 g/mol. The molecule has 12 heteroatoms. The van der Waals surface area contributed by atoms with Gasteiger partial charge < -0.3 is 34.0 Å². The molecule has 3 aromatic carbocycles. The number of nitrogens with zero attached hydrogens (tertiary/aromatic N) is 4. The zero-order chi connectivity index (χ0) is 30.0. The molecule has 42 heavy (non-hydrogen) atoms. The summed E-state index contributed by atoms with van der Waals surface area (Å²) in [7, 11) is 4.22. The maximum absolute atomic E-state index is 13.9. The third kappa shape index (κ3) is 5.61. The predicted octanol–water partition coefficient (Wildman–Crippen LogP) is 5.36. The molecule has 0 radical (unpaired) electrons. The van der Waals surface area contributed by atoms with Crippen molar-refractivity contribution in [3.63, 3.8) is 0 Å². The molecular formula is C30H31F3N4O5. The van der Waals surface area contributed by atoms with Gasteiger partial charge >= 0.3 is 12.1 Å². The highest BCUT2D eigenvalue weighted by molar-refractivity contribution is 6.03. The summed E-state index contributed by atoms with van der Waals surface area (Å²) in [6.07, 6.45) is -4.83. The number of benzene rings is 3. The van der Waals surface area contributed by atoms with Gasteiger partial charge in [0.25, 0.3) is 0 Å². The highest BCUT2D eigenvalue weighted by Gasteiger charge is 2.40. The van der Waals surface area contributed by atoms with E-state index in [1.165, 1.54) is 26.4 Å². The van der Waals surface area contributed by atoms with E-state index in [1.54, 1.807) is 24.1 Å². The van der Waals surface area contributed by atoms with Gasteiger partial charge in [-0.05, 0) is 36.4 Å². The molecule has 3 aromatic rings. The smallest absolute Gasteiger partial charge is 0.416 e. The number of hydrogen-bond donors (Lipinski definition) is 1. The fourth-order valence-electron chi connectivity index (χ4n) is 5.34. The van der Waals surface area contributed by atoms with Gasteiger partial charge in [-0.1, -0.05) is 18.2 Å². The second-order valence-electron chi connectivity index (χ2n) is 9.85. The molecule has 2 heterocycles. The molecule has 0 saturated carbocycles. The Hall–Kier alpha value is -4.61. The molecular weight excluding hydrogens is 553 g/mol. The number of alkyl halides is 3. The van der Waals surface area contributed by atoms with E-state index in [1.807, 2.05) is 29.2 Å². The van der Waals surface area contributed by atoms with Crippen LogP contribution in [0.25, 0.3) is 0 Å². The second-order valence-corrected chi connectivity index (χ2v) is 9.85. The number of guanidine groups is 1. The average Bonchev–Trinajstić information content (AvgIpc) is 3.00. The lowest BCUT2D eigenvalue weighted by atomic mass is 9.96. The van der Waals surface area contributed by atoms with Crippen LogP contribution in [0, 0.1) is 0 Å². The maximum atomic E-state index is 13.9. The number of para-hydroxylation sites is 1. The normalized spacial score (nSPS) is 17.0. The minimum Gasteiger partial charge on any atom is -0.506 e. The number of carbonyl (C=O) groups excluding carboxylic acids is 1. The zero-order valence-corrected chi connectivity index (χ0v) is 23.4. The van der Waals surface area contributed by atoms with Crippen LogP contribution in [-0.4, -0.2) is 69.4 Å². The van der Waals surface area contributed by atoms with Gasteiger partial charge in [-0.2, -0.15) is 13.2 Å². The zero-order valence-electron chi connectivity index (χ0n) is 23.4. The minimum absolute atomic E-state index is 0.0872. The number of esters is 1. The van der Waals surface area contributed by atoms with Gasteiger partial charge in [0.05, 0.1) is 45.0 Å². The molecule has 222 valence electrons. The van der Waals surface area contributed by atoms with Gasteiger partial charge in [0.2, 0.25) is 5.96 Å². The molecule has 5 rings (SSSR count). The first-order chi connectivity index (χ1) is 20.1. The standard InChI is InChI=1S/C30H31F3N4O5/c1-40-21-7-4-6-20(17-21)35-12-14-36(15-13-35)29-34-28-22(8-5-9-25(28)38)23(18-27(39)42-3)37(29)24-16-19(30(31,32)33)10-11-26(24)41-2/h4-11,16-17,23,38H,12-15,18H2,1-3H3. The lowest BCUT2D eigenvalue weighted by molar-refractivity contribution is -0.141. The van der Waals surface area contributed by atoms with E-state index in [9.17, 15) is 23.1 Å². The van der Waals surface area contributed by atoms with E-state index in [2.05, 4.69) is 4.90 Å². The Balaban J connectivity index is 1.61. The Morgan fingerprint density at radius 3 is 2.33 bits per heavy atom. The quantitative estimate of drug-likeness (QED) is 0.388. The van der Waals surface area contributed by atoms with E-state index in [0.29, 0.717) is 37.7 Å². The molecule has 1 N–H and O–H groups in total. The van der Waals surface area contributed by atoms with Crippen LogP contribution in [0.3, 0.4) is 0 Å². The van der Waals surface area contributed by atoms with Crippen LogP contribution in [0.4, 0.5) is 30.2 Å². The Morgan fingerprint density at radius 1 is 0.952 bits per heavy atom. The second kappa shape index (κ2) is 11.7. The molecule has 1 fully saturated rings. The lowest BCUT2D eigenvalue weighted by Crippen LogP contribution is -2.55. The molecule has 2 aliphatic rings. The summed E-state index contributed by atoms with van der Waals surface area (Å²) >= 11 is 0. The Morgan fingerprint density at radius 2 is 1.67 bits per heavy atom. The first kappa shape index (κ1) is 28.9. The number of halogens is 3. The van der Waals surface area contributed by atoms with Gasteiger partial charge in [-0.3, -0.25) is 4.79 Å². The molecule has 0 amide bonds. The number of hydrogen-bond acceptors (Lipinski definition) is 9. The van der Waals surface area contributed by atoms with Crippen molar-refractivity contribution in [1.29, 1.82) is 0 Å². The number of rotatable bonds is 6. The summed E-state index contributed by atoms with van der Waals surface area (Å²) < 4.78 is 57.6. The number of methoxy groups -OCH3 is 3. The third-order valence-corrected chi connectivity index (χ3v) is 7.48. The molecule has 0 spiro atoms. The number of ether oxygens (including phenoxy) is 3. The summed E-state index contributed by atoms with van der Waals surface area (Å²) in [5, 5.41) is 10.8. The van der Waals surface area contributed by atoms with Crippen molar-refractivity contribution >= 4 is 29.0 Å². The van der Waals surface area contributed by atoms with Crippen molar-refractivity contribution in [3.05, 3.63) is 71.8 Å². The fraction of sp³-hybridized carbons (Fsp3) is 0.333. The van der Waals surface area contributed by atoms with Crippen LogP contribution in [0.1, 0.15) is 23.6 Å². The first-order valence-corrected chi connectivity index (χ1v) is 13.3. The SMILES string of the molecule is COC(=O)CC1c2cccc(O)c2N=C(N2CCN(c3cccc(OC)c3)CC2)N1c1cc(C(F)(F)F)ccc1OC. The molecule has 0 aromatic heterocycles. The van der Waals surface area contributed by atoms with Crippen LogP contribution >= 0.6 is 0 Å². The highest BCUT2D eigenvalue weighted by Crippen LogP contribution is 2.47. The van der Waals surface area contributed by atoms with Crippen molar-refractivity contribution in [2.45, 2.75) is 18.6 Å². The molecule has 1 unspecified atom stereocenters. The number of aliphatic imine (C=N–C) groups is 1. The number of phenolic OH excluding ortho intramolecular Hbond substituents is 1. The Bertz CT molecular complexity index is 1490. The van der Waals surface area contributed by atoms with Crippen LogP contribution < -0.4 is 19.3 Å². The van der Waals surface area contributed by atoms with Gasteiger partial charge in [-0.15, -0.1) is 0 Å². The van der Waals surface area contributed by atoms with Crippen LogP contribution in [0.5, 0.6) is 17.2 Å². The summed E-state index contributed by atoms with van der Waals surface area (Å²) in [6.45, 7) is 2.08. The van der Waals surface area contributed by atoms with Crippen molar-refractivity contribution in [2.75, 3.05) is 57.3 Å². The van der Waals surface area contributed by atoms with E-state index in [-0.39, 0.29) is 29.3 Å². The van der Waals surface area contributed by atoms with Crippen molar-refractivity contribution in [3.8, 4) is 17.2 Å². The van der Waals surface area contributed by atoms with Crippen molar-refractivity contribution in [2.24, 2.45) is 4.99 Å². The van der Waals surface area contributed by atoms with Gasteiger partial charge in [-0.25, -0.2) is 4.99 Å². The van der Waals surface area contributed by atoms with E-state index < -0.39 is 23.8 Å². The van der Waals surface area contributed by atoms with Gasteiger partial charge in [0.15, 0.2) is 0 Å². The Kier molecular flexibility index (Phi) is 8.06.